The molecule has 0 saturated heterocycles. The molecule has 0 atom stereocenters. The third kappa shape index (κ3) is 7.76. The van der Waals surface area contributed by atoms with Crippen LogP contribution in [0.2, 0.25) is 0 Å². The highest BCUT2D eigenvalue weighted by Crippen LogP contribution is 1.86. The normalized spacial score (nSPS) is 9.25. The van der Waals surface area contributed by atoms with Gasteiger partial charge in [0.05, 0.1) is 12.7 Å². The largest absolute Gasteiger partial charge is 0.380 e. The Morgan fingerprint density at radius 1 is 1.25 bits per heavy atom. The lowest BCUT2D eigenvalue weighted by Gasteiger charge is -2.05. The van der Waals surface area contributed by atoms with Crippen LogP contribution in [0.5, 0.6) is 0 Å². The van der Waals surface area contributed by atoms with Crippen LogP contribution < -0.4 is 10.6 Å². The first-order valence-corrected chi connectivity index (χ1v) is 5.23. The summed E-state index contributed by atoms with van der Waals surface area (Å²) in [5, 5.41) is 12.7. The van der Waals surface area contributed by atoms with Crippen molar-refractivity contribution in [3.05, 3.63) is 0 Å². The molecule has 2 amide bonds. The summed E-state index contributed by atoms with van der Waals surface area (Å²) in [7, 11) is 0. The van der Waals surface area contributed by atoms with Crippen LogP contribution in [0.4, 0.5) is 0 Å². The minimum absolute atomic E-state index is 0.167. The Kier molecular flexibility index (Phi) is 8.93. The Morgan fingerprint density at radius 2 is 1.94 bits per heavy atom. The summed E-state index contributed by atoms with van der Waals surface area (Å²) < 4.78 is 5.19. The molecular formula is C10H17N3O3. The molecule has 0 radical (unpaired) electrons. The van der Waals surface area contributed by atoms with E-state index in [1.165, 1.54) is 0 Å². The smallest absolute Gasteiger partial charge is 0.310 e. The van der Waals surface area contributed by atoms with Gasteiger partial charge in [-0.1, -0.05) is 13.3 Å². The van der Waals surface area contributed by atoms with E-state index in [2.05, 4.69) is 17.6 Å². The van der Waals surface area contributed by atoms with E-state index in [1.807, 2.05) is 0 Å². The zero-order valence-electron chi connectivity index (χ0n) is 9.41. The molecule has 2 N–H and O–H groups in total. The van der Waals surface area contributed by atoms with Gasteiger partial charge < -0.3 is 15.4 Å². The molecule has 0 unspecified atom stereocenters. The van der Waals surface area contributed by atoms with Crippen molar-refractivity contribution < 1.29 is 14.3 Å². The molecule has 0 spiro atoms. The van der Waals surface area contributed by atoms with Crippen molar-refractivity contribution in [2.24, 2.45) is 0 Å². The van der Waals surface area contributed by atoms with Gasteiger partial charge in [0.2, 0.25) is 0 Å². The van der Waals surface area contributed by atoms with Gasteiger partial charge in [0.15, 0.2) is 0 Å². The first-order valence-electron chi connectivity index (χ1n) is 5.23. The van der Waals surface area contributed by atoms with Gasteiger partial charge in [-0.3, -0.25) is 9.59 Å². The Labute approximate surface area is 95.0 Å². The third-order valence-corrected chi connectivity index (χ3v) is 1.71. The number of hydrogen-bond donors (Lipinski definition) is 2. The maximum atomic E-state index is 11.0. The molecule has 0 aromatic carbocycles. The van der Waals surface area contributed by atoms with Crippen LogP contribution in [-0.2, 0) is 14.3 Å². The summed E-state index contributed by atoms with van der Waals surface area (Å²) in [5.74, 6) is -1.54. The maximum Gasteiger partial charge on any atom is 0.310 e. The minimum Gasteiger partial charge on any atom is -0.380 e. The topological polar surface area (TPSA) is 91.2 Å². The van der Waals surface area contributed by atoms with E-state index in [4.69, 9.17) is 10.00 Å². The van der Waals surface area contributed by atoms with Gasteiger partial charge in [-0.25, -0.2) is 0 Å². The molecule has 6 heteroatoms. The summed E-state index contributed by atoms with van der Waals surface area (Å²) in [6.07, 6.45) is 2.04. The van der Waals surface area contributed by atoms with Crippen LogP contribution in [0.3, 0.4) is 0 Å². The Bertz CT molecular complexity index is 261. The van der Waals surface area contributed by atoms with E-state index in [9.17, 15) is 9.59 Å². The van der Waals surface area contributed by atoms with Crippen molar-refractivity contribution >= 4 is 11.8 Å². The van der Waals surface area contributed by atoms with Crippen molar-refractivity contribution in [3.8, 4) is 6.07 Å². The van der Waals surface area contributed by atoms with Crippen molar-refractivity contribution in [3.63, 3.8) is 0 Å². The molecule has 0 aromatic rings. The molecule has 0 fully saturated rings. The summed E-state index contributed by atoms with van der Waals surface area (Å²) in [6.45, 7) is 3.23. The molecule has 0 rings (SSSR count). The lowest BCUT2D eigenvalue weighted by molar-refractivity contribution is -0.139. The number of rotatable bonds is 7. The highest BCUT2D eigenvalue weighted by Gasteiger charge is 2.10. The van der Waals surface area contributed by atoms with Crippen LogP contribution in [-0.4, -0.2) is 38.1 Å². The molecule has 0 aliphatic carbocycles. The van der Waals surface area contributed by atoms with Crippen molar-refractivity contribution in [1.82, 2.24) is 10.6 Å². The second-order valence-electron chi connectivity index (χ2n) is 3.06. The van der Waals surface area contributed by atoms with Gasteiger partial charge in [0.25, 0.3) is 0 Å². The minimum atomic E-state index is -0.796. The number of hydrogen-bond acceptors (Lipinski definition) is 4. The summed E-state index contributed by atoms with van der Waals surface area (Å²) >= 11 is 0. The van der Waals surface area contributed by atoms with E-state index in [-0.39, 0.29) is 6.54 Å². The fourth-order valence-corrected chi connectivity index (χ4v) is 0.866. The van der Waals surface area contributed by atoms with Crippen LogP contribution in [0.1, 0.15) is 19.8 Å². The first kappa shape index (κ1) is 14.4. The molecule has 0 heterocycles. The number of amides is 2. The summed E-state index contributed by atoms with van der Waals surface area (Å²) in [5.41, 5.74) is 0. The van der Waals surface area contributed by atoms with Crippen molar-refractivity contribution in [2.75, 3.05) is 26.3 Å². The number of carbonyl (C=O) groups excluding carboxylic acids is 2. The van der Waals surface area contributed by atoms with Gasteiger partial charge in [-0.05, 0) is 6.42 Å². The first-order chi connectivity index (χ1) is 7.72. The standard InChI is InChI=1S/C10H17N3O3/c1-2-3-7-16-8-6-13-10(15)9(14)12-5-4-11/h2-3,5-8H2,1H3,(H,12,14)(H,13,15). The zero-order chi connectivity index (χ0) is 12.2. The molecule has 16 heavy (non-hydrogen) atoms. The van der Waals surface area contributed by atoms with Crippen LogP contribution >= 0.6 is 0 Å². The van der Waals surface area contributed by atoms with E-state index >= 15 is 0 Å². The van der Waals surface area contributed by atoms with Gasteiger partial charge in [-0.2, -0.15) is 5.26 Å². The molecular weight excluding hydrogens is 210 g/mol. The van der Waals surface area contributed by atoms with E-state index in [0.29, 0.717) is 19.8 Å². The monoisotopic (exact) mass is 227 g/mol. The number of nitrogens with zero attached hydrogens (tertiary/aromatic N) is 1. The number of nitrogens with one attached hydrogen (secondary N) is 2. The Morgan fingerprint density at radius 3 is 2.56 bits per heavy atom. The highest BCUT2D eigenvalue weighted by atomic mass is 16.5. The van der Waals surface area contributed by atoms with Crippen LogP contribution in [0.15, 0.2) is 0 Å². The molecule has 6 nitrogen and oxygen atoms in total. The molecule has 0 aliphatic rings. The SMILES string of the molecule is CCCCOCCNC(=O)C(=O)NCC#N. The van der Waals surface area contributed by atoms with Crippen LogP contribution in [0, 0.1) is 11.3 Å². The second kappa shape index (κ2) is 9.93. The number of unbranched alkanes of at least 4 members (excludes halogenated alkanes) is 1. The predicted octanol–water partition coefficient (Wildman–Crippen LogP) is -0.441. The van der Waals surface area contributed by atoms with Crippen molar-refractivity contribution in [1.29, 1.82) is 5.26 Å². The third-order valence-electron chi connectivity index (χ3n) is 1.71. The summed E-state index contributed by atoms with van der Waals surface area (Å²) in [6, 6.07) is 1.71. The fraction of sp³-hybridized carbons (Fsp3) is 0.700. The number of ether oxygens (including phenoxy) is 1. The van der Waals surface area contributed by atoms with Crippen molar-refractivity contribution in [2.45, 2.75) is 19.8 Å². The Hall–Kier alpha value is -1.61. The average Bonchev–Trinajstić information content (AvgIpc) is 2.30. The van der Waals surface area contributed by atoms with Gasteiger partial charge in [-0.15, -0.1) is 0 Å². The van der Waals surface area contributed by atoms with E-state index in [1.54, 1.807) is 6.07 Å². The van der Waals surface area contributed by atoms with Gasteiger partial charge >= 0.3 is 11.8 Å². The summed E-state index contributed by atoms with van der Waals surface area (Å²) in [4.78, 5) is 22.0. The predicted molar refractivity (Wildman–Crippen MR) is 57.4 cm³/mol. The van der Waals surface area contributed by atoms with Gasteiger partial charge in [0, 0.05) is 13.2 Å². The molecule has 0 saturated carbocycles. The average molecular weight is 227 g/mol. The van der Waals surface area contributed by atoms with Gasteiger partial charge in [0.1, 0.15) is 6.54 Å². The van der Waals surface area contributed by atoms with E-state index in [0.717, 1.165) is 12.8 Å². The highest BCUT2D eigenvalue weighted by molar-refractivity contribution is 6.35. The molecule has 0 bridgehead atoms. The molecule has 0 aliphatic heterocycles. The Balaban J connectivity index is 3.43. The second-order valence-corrected chi connectivity index (χ2v) is 3.06. The number of carbonyl (C=O) groups is 2. The molecule has 90 valence electrons. The lowest BCUT2D eigenvalue weighted by Crippen LogP contribution is -2.41. The fourth-order valence-electron chi connectivity index (χ4n) is 0.866. The van der Waals surface area contributed by atoms with E-state index < -0.39 is 11.8 Å². The zero-order valence-corrected chi connectivity index (χ0v) is 9.41. The molecule has 0 aromatic heterocycles. The lowest BCUT2D eigenvalue weighted by atomic mass is 10.4. The quantitative estimate of drug-likeness (QED) is 0.350. The maximum absolute atomic E-state index is 11.0. The van der Waals surface area contributed by atoms with Crippen LogP contribution in [0.25, 0.3) is 0 Å². The number of nitriles is 1.